The van der Waals surface area contributed by atoms with Crippen molar-refractivity contribution in [2.24, 2.45) is 7.05 Å². The summed E-state index contributed by atoms with van der Waals surface area (Å²) in [4.78, 5) is 4.67. The number of nitrogens with zero attached hydrogens (tertiary/aromatic N) is 4. The summed E-state index contributed by atoms with van der Waals surface area (Å²) in [7, 11) is 3.66. The Morgan fingerprint density at radius 1 is 1.42 bits per heavy atom. The number of aryl methyl sites for hydroxylation is 2. The second-order valence-corrected chi connectivity index (χ2v) is 5.10. The van der Waals surface area contributed by atoms with Crippen LogP contribution in [0.1, 0.15) is 37.8 Å². The number of ether oxygens (including phenoxy) is 1. The van der Waals surface area contributed by atoms with E-state index >= 15 is 0 Å². The Morgan fingerprint density at radius 3 is 2.74 bits per heavy atom. The van der Waals surface area contributed by atoms with Gasteiger partial charge in [0.15, 0.2) is 5.65 Å². The van der Waals surface area contributed by atoms with Gasteiger partial charge in [-0.15, -0.1) is 11.6 Å². The van der Waals surface area contributed by atoms with Gasteiger partial charge in [-0.3, -0.25) is 4.68 Å². The molecule has 1 atom stereocenters. The zero-order valence-electron chi connectivity index (χ0n) is 12.0. The van der Waals surface area contributed by atoms with E-state index in [1.807, 2.05) is 11.7 Å². The lowest BCUT2D eigenvalue weighted by Crippen LogP contribution is -2.15. The number of hydrogen-bond acceptors (Lipinski definition) is 3. The summed E-state index contributed by atoms with van der Waals surface area (Å²) in [5, 5.41) is 4.57. The fourth-order valence-electron chi connectivity index (χ4n) is 2.53. The summed E-state index contributed by atoms with van der Waals surface area (Å²) in [5.41, 5.74) is 3.06. The van der Waals surface area contributed by atoms with Crippen molar-refractivity contribution in [3.05, 3.63) is 11.5 Å². The number of rotatable bonds is 6. The van der Waals surface area contributed by atoms with Crippen LogP contribution in [-0.2, 0) is 24.1 Å². The van der Waals surface area contributed by atoms with Crippen LogP contribution in [0, 0.1) is 0 Å². The largest absolute Gasteiger partial charge is 0.383 e. The molecule has 0 N–H and O–H groups in total. The third-order valence-corrected chi connectivity index (χ3v) is 3.50. The Kier molecular flexibility index (Phi) is 4.47. The van der Waals surface area contributed by atoms with Gasteiger partial charge in [-0.1, -0.05) is 13.3 Å². The molecule has 0 saturated heterocycles. The second-order valence-electron chi connectivity index (χ2n) is 4.83. The van der Waals surface area contributed by atoms with Crippen molar-refractivity contribution < 1.29 is 4.74 Å². The molecule has 2 aromatic rings. The lowest BCUT2D eigenvalue weighted by atomic mass is 10.2. The van der Waals surface area contributed by atoms with Crippen LogP contribution in [0.3, 0.4) is 0 Å². The fourth-order valence-corrected chi connectivity index (χ4v) is 2.71. The summed E-state index contributed by atoms with van der Waals surface area (Å²) in [6.45, 7) is 4.88. The molecular formula is C13H21ClN4O. The fraction of sp³-hybridized carbons (Fsp3) is 0.692. The Bertz CT molecular complexity index is 560. The molecule has 0 aliphatic rings. The van der Waals surface area contributed by atoms with Crippen molar-refractivity contribution in [2.45, 2.75) is 38.6 Å². The maximum atomic E-state index is 6.03. The molecule has 0 amide bonds. The van der Waals surface area contributed by atoms with Gasteiger partial charge in [0.1, 0.15) is 11.3 Å². The summed E-state index contributed by atoms with van der Waals surface area (Å²) < 4.78 is 9.28. The quantitative estimate of drug-likeness (QED) is 0.766. The molecule has 2 rings (SSSR count). The first-order valence-corrected chi connectivity index (χ1v) is 7.15. The Labute approximate surface area is 118 Å². The smallest absolute Gasteiger partial charge is 0.159 e. The van der Waals surface area contributed by atoms with Crippen LogP contribution in [0.2, 0.25) is 0 Å². The first kappa shape index (κ1) is 14.3. The van der Waals surface area contributed by atoms with Crippen LogP contribution < -0.4 is 0 Å². The summed E-state index contributed by atoms with van der Waals surface area (Å²) in [6.07, 6.45) is 2.00. The van der Waals surface area contributed by atoms with Gasteiger partial charge in [0, 0.05) is 14.2 Å². The average molecular weight is 285 g/mol. The van der Waals surface area contributed by atoms with Crippen LogP contribution >= 0.6 is 11.6 Å². The van der Waals surface area contributed by atoms with E-state index < -0.39 is 0 Å². The predicted molar refractivity (Wildman–Crippen MR) is 76.6 cm³/mol. The Hall–Kier alpha value is -1.07. The maximum Gasteiger partial charge on any atom is 0.159 e. The highest BCUT2D eigenvalue weighted by molar-refractivity contribution is 6.16. The number of halogens is 1. The molecule has 2 aromatic heterocycles. The zero-order chi connectivity index (χ0) is 14.0. The van der Waals surface area contributed by atoms with Gasteiger partial charge in [0.05, 0.1) is 24.2 Å². The third kappa shape index (κ3) is 2.49. The molecule has 0 radical (unpaired) electrons. The molecule has 6 heteroatoms. The van der Waals surface area contributed by atoms with Crippen LogP contribution in [-0.4, -0.2) is 33.0 Å². The molecule has 0 fully saturated rings. The van der Waals surface area contributed by atoms with E-state index in [9.17, 15) is 0 Å². The molecule has 0 bridgehead atoms. The number of imidazole rings is 1. The molecule has 2 heterocycles. The van der Waals surface area contributed by atoms with E-state index in [0.717, 1.165) is 35.5 Å². The average Bonchev–Trinajstić information content (AvgIpc) is 2.89. The zero-order valence-corrected chi connectivity index (χ0v) is 12.7. The van der Waals surface area contributed by atoms with Gasteiger partial charge in [0.2, 0.25) is 0 Å². The highest BCUT2D eigenvalue weighted by Crippen LogP contribution is 2.25. The summed E-state index contributed by atoms with van der Waals surface area (Å²) >= 11 is 6.03. The van der Waals surface area contributed by atoms with Crippen molar-refractivity contribution in [2.75, 3.05) is 13.7 Å². The SMILES string of the molecule is CCCc1nn(C)c2c1nc(CCl)n2C(C)COC. The normalized spacial score (nSPS) is 13.3. The van der Waals surface area contributed by atoms with E-state index in [0.29, 0.717) is 12.5 Å². The first-order chi connectivity index (χ1) is 9.13. The topological polar surface area (TPSA) is 44.9 Å². The van der Waals surface area contributed by atoms with Crippen molar-refractivity contribution in [3.63, 3.8) is 0 Å². The number of aromatic nitrogens is 4. The van der Waals surface area contributed by atoms with Crippen molar-refractivity contribution >= 4 is 22.8 Å². The van der Waals surface area contributed by atoms with Crippen LogP contribution in [0.25, 0.3) is 11.2 Å². The van der Waals surface area contributed by atoms with E-state index in [4.69, 9.17) is 16.3 Å². The molecule has 0 spiro atoms. The van der Waals surface area contributed by atoms with E-state index in [2.05, 4.69) is 28.5 Å². The van der Waals surface area contributed by atoms with Crippen molar-refractivity contribution in [1.29, 1.82) is 0 Å². The maximum absolute atomic E-state index is 6.03. The highest BCUT2D eigenvalue weighted by Gasteiger charge is 2.21. The number of fused-ring (bicyclic) bond motifs is 1. The monoisotopic (exact) mass is 284 g/mol. The predicted octanol–water partition coefficient (Wildman–Crippen LogP) is 2.67. The first-order valence-electron chi connectivity index (χ1n) is 6.61. The van der Waals surface area contributed by atoms with Gasteiger partial charge in [0.25, 0.3) is 0 Å². The number of methoxy groups -OCH3 is 1. The Balaban J connectivity index is 2.60. The van der Waals surface area contributed by atoms with E-state index in [-0.39, 0.29) is 6.04 Å². The van der Waals surface area contributed by atoms with Crippen molar-refractivity contribution in [3.8, 4) is 0 Å². The summed E-state index contributed by atoms with van der Waals surface area (Å²) in [6, 6.07) is 0.189. The molecule has 0 aromatic carbocycles. The second kappa shape index (κ2) is 5.92. The van der Waals surface area contributed by atoms with Gasteiger partial charge in [-0.05, 0) is 13.3 Å². The van der Waals surface area contributed by atoms with Gasteiger partial charge >= 0.3 is 0 Å². The van der Waals surface area contributed by atoms with Gasteiger partial charge in [-0.2, -0.15) is 5.10 Å². The molecule has 106 valence electrons. The van der Waals surface area contributed by atoms with Crippen LogP contribution in [0.5, 0.6) is 0 Å². The van der Waals surface area contributed by atoms with E-state index in [1.165, 1.54) is 0 Å². The molecule has 0 saturated carbocycles. The number of alkyl halides is 1. The summed E-state index contributed by atoms with van der Waals surface area (Å²) in [5.74, 6) is 1.28. The van der Waals surface area contributed by atoms with Crippen LogP contribution in [0.4, 0.5) is 0 Å². The minimum atomic E-state index is 0.189. The Morgan fingerprint density at radius 2 is 2.16 bits per heavy atom. The highest BCUT2D eigenvalue weighted by atomic mass is 35.5. The van der Waals surface area contributed by atoms with Gasteiger partial charge < -0.3 is 9.30 Å². The molecule has 5 nitrogen and oxygen atoms in total. The lowest BCUT2D eigenvalue weighted by molar-refractivity contribution is 0.162. The molecule has 0 aliphatic heterocycles. The van der Waals surface area contributed by atoms with Crippen LogP contribution in [0.15, 0.2) is 0 Å². The van der Waals surface area contributed by atoms with Gasteiger partial charge in [-0.25, -0.2) is 4.98 Å². The minimum absolute atomic E-state index is 0.189. The molecule has 19 heavy (non-hydrogen) atoms. The van der Waals surface area contributed by atoms with Crippen molar-refractivity contribution in [1.82, 2.24) is 19.3 Å². The minimum Gasteiger partial charge on any atom is -0.383 e. The lowest BCUT2D eigenvalue weighted by Gasteiger charge is -2.15. The third-order valence-electron chi connectivity index (χ3n) is 3.26. The number of hydrogen-bond donors (Lipinski definition) is 0. The standard InChI is InChI=1S/C13H21ClN4O/c1-5-6-10-12-13(17(3)16-10)18(9(2)8-19-4)11(7-14)15-12/h9H,5-8H2,1-4H3. The molecule has 0 aliphatic carbocycles. The van der Waals surface area contributed by atoms with E-state index in [1.54, 1.807) is 7.11 Å². The molecule has 1 unspecified atom stereocenters. The molecular weight excluding hydrogens is 264 g/mol.